The predicted molar refractivity (Wildman–Crippen MR) is 129 cm³/mol. The molecule has 1 aromatic heterocycles. The third-order valence-corrected chi connectivity index (χ3v) is 8.15. The number of nitrogens with one attached hydrogen (secondary N) is 1. The Morgan fingerprint density at radius 1 is 1.22 bits per heavy atom. The number of fused-ring (bicyclic) bond motifs is 1. The van der Waals surface area contributed by atoms with E-state index in [1.165, 1.54) is 22.7 Å². The predicted octanol–water partition coefficient (Wildman–Crippen LogP) is 3.82. The van der Waals surface area contributed by atoms with Gasteiger partial charge in [0.2, 0.25) is 10.0 Å². The number of halogens is 3. The summed E-state index contributed by atoms with van der Waals surface area (Å²) < 4.78 is 63.5. The highest BCUT2D eigenvalue weighted by Gasteiger charge is 2.35. The molecule has 2 aliphatic heterocycles. The summed E-state index contributed by atoms with van der Waals surface area (Å²) in [4.78, 5) is 19.6. The van der Waals surface area contributed by atoms with Crippen molar-refractivity contribution in [2.45, 2.75) is 45.6 Å². The van der Waals surface area contributed by atoms with Crippen LogP contribution in [0.1, 0.15) is 59.1 Å². The average Bonchev–Trinajstić information content (AvgIpc) is 3.41. The van der Waals surface area contributed by atoms with Gasteiger partial charge < -0.3 is 5.32 Å². The maximum Gasteiger partial charge on any atom is 0.416 e. The van der Waals surface area contributed by atoms with E-state index >= 15 is 0 Å². The second-order valence-corrected chi connectivity index (χ2v) is 12.0. The fraction of sp³-hybridized carbons (Fsp3) is 0.520. The molecule has 3 heterocycles. The Morgan fingerprint density at radius 2 is 1.92 bits per heavy atom. The lowest BCUT2D eigenvalue weighted by molar-refractivity contribution is -0.137. The van der Waals surface area contributed by atoms with Crippen molar-refractivity contribution in [1.29, 1.82) is 0 Å². The van der Waals surface area contributed by atoms with Gasteiger partial charge in [0.05, 0.1) is 29.1 Å². The first-order valence-electron chi connectivity index (χ1n) is 11.9. The summed E-state index contributed by atoms with van der Waals surface area (Å²) in [5.41, 5.74) is 2.35. The molecule has 7 nitrogen and oxygen atoms in total. The summed E-state index contributed by atoms with van der Waals surface area (Å²) in [6, 6.07) is 7.02. The molecule has 36 heavy (non-hydrogen) atoms. The molecule has 0 bridgehead atoms. The minimum atomic E-state index is -4.37. The smallest absolute Gasteiger partial charge is 0.352 e. The zero-order valence-corrected chi connectivity index (χ0v) is 21.4. The third-order valence-electron chi connectivity index (χ3n) is 6.88. The lowest BCUT2D eigenvalue weighted by Gasteiger charge is -2.27. The molecule has 0 aliphatic carbocycles. The number of hydrogen-bond donors (Lipinski definition) is 1. The molecule has 4 rings (SSSR count). The van der Waals surface area contributed by atoms with Gasteiger partial charge in [0.1, 0.15) is 0 Å². The van der Waals surface area contributed by atoms with Crippen molar-refractivity contribution in [2.24, 2.45) is 11.8 Å². The molecule has 1 saturated heterocycles. The van der Waals surface area contributed by atoms with E-state index in [2.05, 4.69) is 29.0 Å². The van der Waals surface area contributed by atoms with E-state index in [-0.39, 0.29) is 23.8 Å². The largest absolute Gasteiger partial charge is 0.416 e. The van der Waals surface area contributed by atoms with E-state index in [1.54, 1.807) is 6.20 Å². The minimum Gasteiger partial charge on any atom is -0.352 e. The second kappa shape index (κ2) is 10.1. The van der Waals surface area contributed by atoms with Gasteiger partial charge in [-0.05, 0) is 47.6 Å². The van der Waals surface area contributed by atoms with Crippen LogP contribution in [0.25, 0.3) is 0 Å². The van der Waals surface area contributed by atoms with Gasteiger partial charge in [-0.2, -0.15) is 13.2 Å². The van der Waals surface area contributed by atoms with Gasteiger partial charge in [-0.3, -0.25) is 14.7 Å². The van der Waals surface area contributed by atoms with Crippen molar-refractivity contribution in [1.82, 2.24) is 19.5 Å². The van der Waals surface area contributed by atoms with Crippen LogP contribution >= 0.6 is 0 Å². The van der Waals surface area contributed by atoms with Crippen LogP contribution in [0, 0.1) is 11.8 Å². The van der Waals surface area contributed by atoms with Crippen LogP contribution in [-0.4, -0.2) is 54.4 Å². The van der Waals surface area contributed by atoms with Crippen LogP contribution in [-0.2, 0) is 29.3 Å². The highest BCUT2D eigenvalue weighted by atomic mass is 32.2. The number of carbonyl (C=O) groups is 1. The molecule has 0 spiro atoms. The molecule has 0 radical (unpaired) electrons. The topological polar surface area (TPSA) is 82.6 Å². The Bertz CT molecular complexity index is 1220. The summed E-state index contributed by atoms with van der Waals surface area (Å²) in [6.45, 7) is 6.40. The Kier molecular flexibility index (Phi) is 7.45. The number of hydrogen-bond acceptors (Lipinski definition) is 5. The van der Waals surface area contributed by atoms with Crippen LogP contribution in [0.5, 0.6) is 0 Å². The summed E-state index contributed by atoms with van der Waals surface area (Å²) in [6.07, 6.45) is -0.919. The summed E-state index contributed by atoms with van der Waals surface area (Å²) in [5, 5.41) is 2.90. The summed E-state index contributed by atoms with van der Waals surface area (Å²) >= 11 is 0. The number of aromatic nitrogens is 1. The molecule has 2 aliphatic rings. The SMILES string of the molecule is CC(C)C1c2ncc(C(=O)NCC3CCN(S(C)(=O)=O)C3)cc2CN1Cc1ccc(C(F)(F)F)cc1. The van der Waals surface area contributed by atoms with Gasteiger partial charge in [-0.25, -0.2) is 12.7 Å². The van der Waals surface area contributed by atoms with Crippen molar-refractivity contribution in [3.8, 4) is 0 Å². The van der Waals surface area contributed by atoms with Crippen LogP contribution in [0.4, 0.5) is 13.2 Å². The maximum absolute atomic E-state index is 12.9. The first-order chi connectivity index (χ1) is 16.8. The van der Waals surface area contributed by atoms with Gasteiger partial charge in [-0.15, -0.1) is 0 Å². The quantitative estimate of drug-likeness (QED) is 0.596. The molecule has 2 atom stereocenters. The molecule has 2 unspecified atom stereocenters. The molecule has 196 valence electrons. The van der Waals surface area contributed by atoms with Crippen LogP contribution in [0.2, 0.25) is 0 Å². The Labute approximate surface area is 209 Å². The van der Waals surface area contributed by atoms with E-state index in [0.29, 0.717) is 44.7 Å². The zero-order valence-electron chi connectivity index (χ0n) is 20.5. The second-order valence-electron chi connectivity index (χ2n) is 10.0. The Balaban J connectivity index is 1.42. The number of benzene rings is 1. The van der Waals surface area contributed by atoms with Crippen molar-refractivity contribution < 1.29 is 26.4 Å². The fourth-order valence-corrected chi connectivity index (χ4v) is 5.98. The van der Waals surface area contributed by atoms with E-state index in [0.717, 1.165) is 29.0 Å². The number of rotatable bonds is 7. The number of sulfonamides is 1. The zero-order chi connectivity index (χ0) is 26.3. The number of pyridine rings is 1. The van der Waals surface area contributed by atoms with Crippen LogP contribution < -0.4 is 5.32 Å². The molecule has 2 aromatic rings. The van der Waals surface area contributed by atoms with E-state index in [1.807, 2.05) is 6.07 Å². The van der Waals surface area contributed by atoms with E-state index in [9.17, 15) is 26.4 Å². The van der Waals surface area contributed by atoms with Gasteiger partial charge >= 0.3 is 6.18 Å². The van der Waals surface area contributed by atoms with Crippen LogP contribution in [0.3, 0.4) is 0 Å². The number of nitrogens with zero attached hydrogens (tertiary/aromatic N) is 3. The summed E-state index contributed by atoms with van der Waals surface area (Å²) in [5.74, 6) is 0.0223. The maximum atomic E-state index is 12.9. The normalized spacial score (nSPS) is 21.2. The lowest BCUT2D eigenvalue weighted by Crippen LogP contribution is -2.32. The van der Waals surface area contributed by atoms with Crippen molar-refractivity contribution in [3.05, 3.63) is 64.5 Å². The highest BCUT2D eigenvalue weighted by molar-refractivity contribution is 7.88. The molecule has 1 N–H and O–H groups in total. The summed E-state index contributed by atoms with van der Waals surface area (Å²) in [7, 11) is -3.23. The Morgan fingerprint density at radius 3 is 2.50 bits per heavy atom. The van der Waals surface area contributed by atoms with Crippen molar-refractivity contribution >= 4 is 15.9 Å². The van der Waals surface area contributed by atoms with Crippen molar-refractivity contribution in [3.63, 3.8) is 0 Å². The van der Waals surface area contributed by atoms with Gasteiger partial charge in [0.15, 0.2) is 0 Å². The van der Waals surface area contributed by atoms with Crippen molar-refractivity contribution in [2.75, 3.05) is 25.9 Å². The Hall–Kier alpha value is -2.50. The van der Waals surface area contributed by atoms with E-state index in [4.69, 9.17) is 0 Å². The van der Waals surface area contributed by atoms with E-state index < -0.39 is 21.8 Å². The molecule has 1 amide bonds. The average molecular weight is 525 g/mol. The number of carbonyl (C=O) groups excluding carboxylic acids is 1. The highest BCUT2D eigenvalue weighted by Crippen LogP contribution is 2.39. The first-order valence-corrected chi connectivity index (χ1v) is 13.8. The van der Waals surface area contributed by atoms with Gasteiger partial charge in [0.25, 0.3) is 5.91 Å². The molecule has 1 aromatic carbocycles. The monoisotopic (exact) mass is 524 g/mol. The third kappa shape index (κ3) is 5.90. The first kappa shape index (κ1) is 26.6. The molecule has 0 saturated carbocycles. The molecular weight excluding hydrogens is 493 g/mol. The van der Waals surface area contributed by atoms with Gasteiger partial charge in [-0.1, -0.05) is 26.0 Å². The van der Waals surface area contributed by atoms with Gasteiger partial charge in [0, 0.05) is 38.9 Å². The number of alkyl halides is 3. The standard InChI is InChI=1S/C25H31F3N4O3S/c1-16(2)23-22-20(15-31(23)13-17-4-6-21(7-5-17)25(26,27)28)10-19(12-29-22)24(33)30-11-18-8-9-32(14-18)36(3,34)35/h4-7,10,12,16,18,23H,8-9,11,13-15H2,1-3H3,(H,30,33). The minimum absolute atomic E-state index is 0.0140. The van der Waals surface area contributed by atoms with Crippen LogP contribution in [0.15, 0.2) is 36.5 Å². The number of amides is 1. The molecule has 1 fully saturated rings. The fourth-order valence-electron chi connectivity index (χ4n) is 5.06. The lowest BCUT2D eigenvalue weighted by atomic mass is 9.99. The molecular formula is C25H31F3N4O3S. The molecule has 11 heteroatoms.